The molecular formula is C14H19NO2. The molecule has 1 fully saturated rings. The van der Waals surface area contributed by atoms with Gasteiger partial charge >= 0.3 is 5.97 Å². The minimum atomic E-state index is -0.123. The van der Waals surface area contributed by atoms with Crippen LogP contribution in [0.5, 0.6) is 5.75 Å². The minimum absolute atomic E-state index is 0.123. The maximum absolute atomic E-state index is 11.7. The molecule has 1 unspecified atom stereocenters. The fourth-order valence-corrected chi connectivity index (χ4v) is 2.11. The van der Waals surface area contributed by atoms with E-state index in [1.807, 2.05) is 31.2 Å². The van der Waals surface area contributed by atoms with Gasteiger partial charge in [-0.15, -0.1) is 0 Å². The van der Waals surface area contributed by atoms with Crippen LogP contribution in [-0.4, -0.2) is 19.1 Å². The molecule has 1 aromatic carbocycles. The average molecular weight is 233 g/mol. The molecule has 1 aromatic rings. The summed E-state index contributed by atoms with van der Waals surface area (Å²) in [5.41, 5.74) is 1.17. The summed E-state index contributed by atoms with van der Waals surface area (Å²) in [5, 5.41) is 3.30. The zero-order valence-corrected chi connectivity index (χ0v) is 10.2. The SMILES string of the molecule is Cc1ccc(OC(=O)CC2CCCNC2)cc1. The van der Waals surface area contributed by atoms with Crippen molar-refractivity contribution in [3.05, 3.63) is 29.8 Å². The number of aryl methyl sites for hydroxylation is 1. The topological polar surface area (TPSA) is 38.3 Å². The van der Waals surface area contributed by atoms with E-state index >= 15 is 0 Å². The Morgan fingerprint density at radius 1 is 1.41 bits per heavy atom. The van der Waals surface area contributed by atoms with Crippen LogP contribution in [0.15, 0.2) is 24.3 Å². The van der Waals surface area contributed by atoms with Crippen LogP contribution in [0.2, 0.25) is 0 Å². The summed E-state index contributed by atoms with van der Waals surface area (Å²) in [6.45, 7) is 4.02. The second kappa shape index (κ2) is 5.82. The lowest BCUT2D eigenvalue weighted by Gasteiger charge is -2.21. The van der Waals surface area contributed by atoms with Gasteiger partial charge in [0.15, 0.2) is 0 Å². The molecule has 0 aromatic heterocycles. The van der Waals surface area contributed by atoms with Gasteiger partial charge in [-0.05, 0) is 50.9 Å². The third-order valence-electron chi connectivity index (χ3n) is 3.11. The molecule has 2 rings (SSSR count). The molecule has 1 atom stereocenters. The number of carbonyl (C=O) groups is 1. The van der Waals surface area contributed by atoms with Crippen molar-refractivity contribution in [1.82, 2.24) is 5.32 Å². The van der Waals surface area contributed by atoms with E-state index in [2.05, 4.69) is 5.32 Å². The van der Waals surface area contributed by atoms with Crippen molar-refractivity contribution in [2.24, 2.45) is 5.92 Å². The Hall–Kier alpha value is -1.35. The number of nitrogens with one attached hydrogen (secondary N) is 1. The van der Waals surface area contributed by atoms with E-state index in [-0.39, 0.29) is 5.97 Å². The second-order valence-electron chi connectivity index (χ2n) is 4.70. The first kappa shape index (κ1) is 12.1. The molecule has 3 nitrogen and oxygen atoms in total. The van der Waals surface area contributed by atoms with Crippen molar-refractivity contribution in [3.63, 3.8) is 0 Å². The lowest BCUT2D eigenvalue weighted by atomic mass is 9.96. The van der Waals surface area contributed by atoms with E-state index < -0.39 is 0 Å². The van der Waals surface area contributed by atoms with Gasteiger partial charge in [0.1, 0.15) is 5.75 Å². The summed E-state index contributed by atoms with van der Waals surface area (Å²) in [6, 6.07) is 7.58. The van der Waals surface area contributed by atoms with E-state index in [1.165, 1.54) is 5.56 Å². The Balaban J connectivity index is 1.82. The van der Waals surface area contributed by atoms with Crippen molar-refractivity contribution in [2.75, 3.05) is 13.1 Å². The van der Waals surface area contributed by atoms with E-state index in [0.29, 0.717) is 18.1 Å². The molecule has 0 saturated carbocycles. The fraction of sp³-hybridized carbons (Fsp3) is 0.500. The minimum Gasteiger partial charge on any atom is -0.427 e. The van der Waals surface area contributed by atoms with Gasteiger partial charge < -0.3 is 10.1 Å². The fourth-order valence-electron chi connectivity index (χ4n) is 2.11. The highest BCUT2D eigenvalue weighted by Gasteiger charge is 2.17. The van der Waals surface area contributed by atoms with Crippen molar-refractivity contribution in [1.29, 1.82) is 0 Å². The number of esters is 1. The normalized spacial score (nSPS) is 19.9. The van der Waals surface area contributed by atoms with Gasteiger partial charge in [0.2, 0.25) is 0 Å². The molecule has 1 heterocycles. The molecule has 0 radical (unpaired) electrons. The molecule has 0 bridgehead atoms. The molecule has 3 heteroatoms. The summed E-state index contributed by atoms with van der Waals surface area (Å²) in [7, 11) is 0. The molecule has 1 aliphatic heterocycles. The molecule has 1 N–H and O–H groups in total. The Bertz CT molecular complexity index is 366. The maximum atomic E-state index is 11.7. The largest absolute Gasteiger partial charge is 0.427 e. The smallest absolute Gasteiger partial charge is 0.311 e. The van der Waals surface area contributed by atoms with Crippen LogP contribution < -0.4 is 10.1 Å². The third kappa shape index (κ3) is 3.86. The number of hydrogen-bond donors (Lipinski definition) is 1. The molecule has 1 saturated heterocycles. The first-order chi connectivity index (χ1) is 8.24. The third-order valence-corrected chi connectivity index (χ3v) is 3.11. The highest BCUT2D eigenvalue weighted by atomic mass is 16.5. The quantitative estimate of drug-likeness (QED) is 0.643. The van der Waals surface area contributed by atoms with Crippen LogP contribution in [0.4, 0.5) is 0 Å². The Labute approximate surface area is 102 Å². The summed E-state index contributed by atoms with van der Waals surface area (Å²) in [5.74, 6) is 0.952. The molecule has 0 spiro atoms. The molecule has 92 valence electrons. The van der Waals surface area contributed by atoms with Crippen LogP contribution >= 0.6 is 0 Å². The Morgan fingerprint density at radius 3 is 2.82 bits per heavy atom. The van der Waals surface area contributed by atoms with Crippen molar-refractivity contribution >= 4 is 5.97 Å². The van der Waals surface area contributed by atoms with Gasteiger partial charge in [-0.25, -0.2) is 0 Å². The molecule has 0 amide bonds. The van der Waals surface area contributed by atoms with Crippen molar-refractivity contribution in [3.8, 4) is 5.75 Å². The number of ether oxygens (including phenoxy) is 1. The Kier molecular flexibility index (Phi) is 4.15. The lowest BCUT2D eigenvalue weighted by molar-refractivity contribution is -0.135. The maximum Gasteiger partial charge on any atom is 0.311 e. The molecule has 17 heavy (non-hydrogen) atoms. The number of piperidine rings is 1. The Morgan fingerprint density at radius 2 is 2.18 bits per heavy atom. The number of carbonyl (C=O) groups excluding carboxylic acids is 1. The lowest BCUT2D eigenvalue weighted by Crippen LogP contribution is -2.31. The average Bonchev–Trinajstić information content (AvgIpc) is 2.33. The van der Waals surface area contributed by atoms with E-state index in [0.717, 1.165) is 25.9 Å². The van der Waals surface area contributed by atoms with Gasteiger partial charge in [-0.2, -0.15) is 0 Å². The molecular weight excluding hydrogens is 214 g/mol. The number of hydrogen-bond acceptors (Lipinski definition) is 3. The van der Waals surface area contributed by atoms with Crippen LogP contribution in [0.1, 0.15) is 24.8 Å². The summed E-state index contributed by atoms with van der Waals surface area (Å²) in [6.07, 6.45) is 2.79. The summed E-state index contributed by atoms with van der Waals surface area (Å²) >= 11 is 0. The summed E-state index contributed by atoms with van der Waals surface area (Å²) < 4.78 is 5.31. The molecule has 1 aliphatic rings. The van der Waals surface area contributed by atoms with Crippen molar-refractivity contribution in [2.45, 2.75) is 26.2 Å². The zero-order valence-electron chi connectivity index (χ0n) is 10.2. The van der Waals surface area contributed by atoms with Gasteiger partial charge in [-0.1, -0.05) is 17.7 Å². The highest BCUT2D eigenvalue weighted by Crippen LogP contribution is 2.17. The van der Waals surface area contributed by atoms with Crippen LogP contribution in [0.3, 0.4) is 0 Å². The van der Waals surface area contributed by atoms with Gasteiger partial charge in [0.25, 0.3) is 0 Å². The van der Waals surface area contributed by atoms with Gasteiger partial charge in [0.05, 0.1) is 0 Å². The van der Waals surface area contributed by atoms with Gasteiger partial charge in [0, 0.05) is 6.42 Å². The number of benzene rings is 1. The van der Waals surface area contributed by atoms with E-state index in [4.69, 9.17) is 4.74 Å². The van der Waals surface area contributed by atoms with Crippen LogP contribution in [-0.2, 0) is 4.79 Å². The van der Waals surface area contributed by atoms with E-state index in [1.54, 1.807) is 0 Å². The zero-order chi connectivity index (χ0) is 12.1. The van der Waals surface area contributed by atoms with Gasteiger partial charge in [-0.3, -0.25) is 4.79 Å². The monoisotopic (exact) mass is 233 g/mol. The first-order valence-corrected chi connectivity index (χ1v) is 6.22. The first-order valence-electron chi connectivity index (χ1n) is 6.22. The number of rotatable bonds is 3. The molecule has 0 aliphatic carbocycles. The van der Waals surface area contributed by atoms with E-state index in [9.17, 15) is 4.79 Å². The highest BCUT2D eigenvalue weighted by molar-refractivity contribution is 5.72. The predicted molar refractivity (Wildman–Crippen MR) is 67.0 cm³/mol. The van der Waals surface area contributed by atoms with Crippen LogP contribution in [0.25, 0.3) is 0 Å². The standard InChI is InChI=1S/C14H19NO2/c1-11-4-6-13(7-5-11)17-14(16)9-12-3-2-8-15-10-12/h4-7,12,15H,2-3,8-10H2,1H3. The van der Waals surface area contributed by atoms with Crippen LogP contribution in [0, 0.1) is 12.8 Å². The predicted octanol–water partition coefficient (Wildman–Crippen LogP) is 2.29. The van der Waals surface area contributed by atoms with Crippen molar-refractivity contribution < 1.29 is 9.53 Å². The summed E-state index contributed by atoms with van der Waals surface area (Å²) in [4.78, 5) is 11.7. The second-order valence-corrected chi connectivity index (χ2v) is 4.70.